The van der Waals surface area contributed by atoms with E-state index in [1.807, 2.05) is 0 Å². The number of aromatic amines is 1. The first kappa shape index (κ1) is 21.0. The predicted molar refractivity (Wildman–Crippen MR) is 112 cm³/mol. The lowest BCUT2D eigenvalue weighted by Crippen LogP contribution is -2.28. The molecule has 4 rings (SSSR count). The van der Waals surface area contributed by atoms with Crippen LogP contribution in [0, 0.1) is 5.82 Å². The van der Waals surface area contributed by atoms with Gasteiger partial charge in [0, 0.05) is 30.8 Å². The predicted octanol–water partition coefficient (Wildman–Crippen LogP) is 3.16. The number of hydrogen-bond donors (Lipinski definition) is 1. The normalized spacial score (nSPS) is 16.5. The van der Waals surface area contributed by atoms with E-state index in [9.17, 15) is 17.6 Å². The van der Waals surface area contributed by atoms with Gasteiger partial charge in [-0.1, -0.05) is 18.2 Å². The monoisotopic (exact) mass is 443 g/mol. The highest BCUT2D eigenvalue weighted by atomic mass is 32.2. The third kappa shape index (κ3) is 4.77. The lowest BCUT2D eigenvalue weighted by Gasteiger charge is -2.17. The number of nitrogens with one attached hydrogen (secondary N) is 1. The van der Waals surface area contributed by atoms with Crippen molar-refractivity contribution in [1.82, 2.24) is 15.1 Å². The van der Waals surface area contributed by atoms with Crippen LogP contribution >= 0.6 is 0 Å². The van der Waals surface area contributed by atoms with Gasteiger partial charge in [-0.05, 0) is 42.3 Å². The molecule has 0 aliphatic carbocycles. The second-order valence-electron chi connectivity index (χ2n) is 7.60. The Morgan fingerprint density at radius 1 is 1.26 bits per heavy atom. The molecule has 1 atom stereocenters. The first-order valence-electron chi connectivity index (χ1n) is 9.81. The van der Waals surface area contributed by atoms with Crippen LogP contribution in [0.15, 0.2) is 59.6 Å². The maximum Gasteiger partial charge on any atom is 0.254 e. The molecule has 1 saturated heterocycles. The van der Waals surface area contributed by atoms with Gasteiger partial charge in [0.2, 0.25) is 0 Å². The van der Waals surface area contributed by atoms with Crippen LogP contribution in [0.2, 0.25) is 0 Å². The van der Waals surface area contributed by atoms with Gasteiger partial charge in [-0.2, -0.15) is 5.10 Å². The van der Waals surface area contributed by atoms with Gasteiger partial charge in [-0.15, -0.1) is 0 Å². The van der Waals surface area contributed by atoms with Gasteiger partial charge < -0.3 is 9.64 Å². The van der Waals surface area contributed by atoms with Gasteiger partial charge in [0.05, 0.1) is 11.9 Å². The summed E-state index contributed by atoms with van der Waals surface area (Å²) in [5.74, 6) is -0.0258. The van der Waals surface area contributed by atoms with Crippen LogP contribution in [0.25, 0.3) is 0 Å². The number of amides is 1. The molecule has 1 aliphatic heterocycles. The maximum atomic E-state index is 13.0. The smallest absolute Gasteiger partial charge is 0.254 e. The third-order valence-electron chi connectivity index (χ3n) is 5.32. The molecule has 9 heteroatoms. The van der Waals surface area contributed by atoms with E-state index >= 15 is 0 Å². The third-order valence-corrected chi connectivity index (χ3v) is 6.44. The summed E-state index contributed by atoms with van der Waals surface area (Å²) in [7, 11) is -3.39. The summed E-state index contributed by atoms with van der Waals surface area (Å²) in [5.41, 5.74) is 1.86. The molecule has 1 fully saturated rings. The minimum absolute atomic E-state index is 0.117. The fourth-order valence-electron chi connectivity index (χ4n) is 3.70. The van der Waals surface area contributed by atoms with Crippen molar-refractivity contribution in [1.29, 1.82) is 0 Å². The van der Waals surface area contributed by atoms with Crippen molar-refractivity contribution in [2.75, 3.05) is 19.3 Å². The van der Waals surface area contributed by atoms with E-state index in [1.54, 1.807) is 41.3 Å². The number of carbonyl (C=O) groups excluding carboxylic acids is 1. The number of aromatic nitrogens is 2. The van der Waals surface area contributed by atoms with Crippen LogP contribution in [0.3, 0.4) is 0 Å². The molecule has 0 saturated carbocycles. The molecule has 1 aromatic heterocycles. The highest BCUT2D eigenvalue weighted by molar-refractivity contribution is 7.90. The van der Waals surface area contributed by atoms with E-state index in [-0.39, 0.29) is 29.1 Å². The van der Waals surface area contributed by atoms with Gasteiger partial charge in [0.25, 0.3) is 5.91 Å². The van der Waals surface area contributed by atoms with Crippen LogP contribution < -0.4 is 4.74 Å². The second-order valence-corrected chi connectivity index (χ2v) is 9.58. The average molecular weight is 444 g/mol. The van der Waals surface area contributed by atoms with Gasteiger partial charge in [0.1, 0.15) is 23.1 Å². The standard InChI is InChI=1S/C22H22FN3O4S/c1-31(28,29)20-12-24-25-21(20)17-9-10-26(13-17)22(27)16-3-2-4-19(11-16)30-14-15-5-7-18(23)8-6-15/h2-8,11-12,17H,9-10,13-14H2,1H3,(H,24,25)/t17-/m1/s1. The lowest BCUT2D eigenvalue weighted by atomic mass is 10.1. The van der Waals surface area contributed by atoms with Crippen molar-refractivity contribution >= 4 is 15.7 Å². The zero-order valence-corrected chi connectivity index (χ0v) is 17.7. The Balaban J connectivity index is 1.43. The van der Waals surface area contributed by atoms with E-state index in [0.717, 1.165) is 11.8 Å². The number of nitrogens with zero attached hydrogens (tertiary/aromatic N) is 2. The Bertz CT molecular complexity index is 1190. The van der Waals surface area contributed by atoms with Gasteiger partial charge >= 0.3 is 0 Å². The lowest BCUT2D eigenvalue weighted by molar-refractivity contribution is 0.0790. The Hall–Kier alpha value is -3.20. The summed E-state index contributed by atoms with van der Waals surface area (Å²) in [6, 6.07) is 12.9. The molecular formula is C22H22FN3O4S. The molecule has 0 bridgehead atoms. The first-order chi connectivity index (χ1) is 14.8. The van der Waals surface area contributed by atoms with E-state index in [1.165, 1.54) is 18.3 Å². The molecular weight excluding hydrogens is 421 g/mol. The van der Waals surface area contributed by atoms with Crippen LogP contribution in [-0.2, 0) is 16.4 Å². The minimum atomic E-state index is -3.39. The molecule has 0 radical (unpaired) electrons. The molecule has 1 amide bonds. The van der Waals surface area contributed by atoms with Crippen molar-refractivity contribution < 1.29 is 22.3 Å². The summed E-state index contributed by atoms with van der Waals surface area (Å²) in [5, 5.41) is 6.67. The fourth-order valence-corrected chi connectivity index (χ4v) is 4.56. The number of benzene rings is 2. The Morgan fingerprint density at radius 3 is 2.77 bits per heavy atom. The van der Waals surface area contributed by atoms with Crippen molar-refractivity contribution in [3.05, 3.63) is 77.4 Å². The molecule has 7 nitrogen and oxygen atoms in total. The first-order valence-corrected chi connectivity index (χ1v) is 11.7. The Morgan fingerprint density at radius 2 is 2.03 bits per heavy atom. The van der Waals surface area contributed by atoms with Gasteiger partial charge in [-0.25, -0.2) is 12.8 Å². The van der Waals surface area contributed by atoms with Gasteiger partial charge in [-0.3, -0.25) is 9.89 Å². The number of ether oxygens (including phenoxy) is 1. The second kappa shape index (κ2) is 8.50. The Kier molecular flexibility index (Phi) is 5.77. The molecule has 31 heavy (non-hydrogen) atoms. The summed E-state index contributed by atoms with van der Waals surface area (Å²) < 4.78 is 42.7. The van der Waals surface area contributed by atoms with E-state index in [0.29, 0.717) is 36.5 Å². The molecule has 0 unspecified atom stereocenters. The molecule has 0 spiro atoms. The Labute approximate surface area is 179 Å². The highest BCUT2D eigenvalue weighted by Gasteiger charge is 2.32. The van der Waals surface area contributed by atoms with E-state index in [2.05, 4.69) is 10.2 Å². The van der Waals surface area contributed by atoms with Crippen molar-refractivity contribution in [2.45, 2.75) is 23.8 Å². The minimum Gasteiger partial charge on any atom is -0.489 e. The topological polar surface area (TPSA) is 92.4 Å². The number of hydrogen-bond acceptors (Lipinski definition) is 5. The maximum absolute atomic E-state index is 13.0. The van der Waals surface area contributed by atoms with Gasteiger partial charge in [0.15, 0.2) is 9.84 Å². The summed E-state index contributed by atoms with van der Waals surface area (Å²) in [6.07, 6.45) is 3.12. The zero-order chi connectivity index (χ0) is 22.0. The van der Waals surface area contributed by atoms with E-state index in [4.69, 9.17) is 4.74 Å². The number of halogens is 1. The largest absolute Gasteiger partial charge is 0.489 e. The summed E-state index contributed by atoms with van der Waals surface area (Å²) >= 11 is 0. The molecule has 2 heterocycles. The number of carbonyl (C=O) groups is 1. The SMILES string of the molecule is CS(=O)(=O)c1cn[nH]c1[C@@H]1CCN(C(=O)c2cccc(OCc3ccc(F)cc3)c2)C1. The van der Waals surface area contributed by atoms with Crippen molar-refractivity contribution in [2.24, 2.45) is 0 Å². The number of H-pyrrole nitrogens is 1. The van der Waals surface area contributed by atoms with Crippen LogP contribution in [0.4, 0.5) is 4.39 Å². The van der Waals surface area contributed by atoms with E-state index < -0.39 is 9.84 Å². The molecule has 162 valence electrons. The molecule has 1 aliphatic rings. The number of sulfone groups is 1. The number of rotatable bonds is 6. The van der Waals surface area contributed by atoms with Crippen LogP contribution in [0.1, 0.15) is 34.0 Å². The number of likely N-dealkylation sites (tertiary alicyclic amines) is 1. The zero-order valence-electron chi connectivity index (χ0n) is 16.9. The van der Waals surface area contributed by atoms with Crippen molar-refractivity contribution in [3.8, 4) is 5.75 Å². The quantitative estimate of drug-likeness (QED) is 0.632. The molecule has 1 N–H and O–H groups in total. The summed E-state index contributed by atoms with van der Waals surface area (Å²) in [4.78, 5) is 14.9. The van der Waals surface area contributed by atoms with Crippen LogP contribution in [0.5, 0.6) is 5.75 Å². The van der Waals surface area contributed by atoms with Crippen LogP contribution in [-0.4, -0.2) is 48.8 Å². The average Bonchev–Trinajstić information content (AvgIpc) is 3.42. The highest BCUT2D eigenvalue weighted by Crippen LogP contribution is 2.31. The fraction of sp³-hybridized carbons (Fsp3) is 0.273. The molecule has 2 aromatic carbocycles. The summed E-state index contributed by atoms with van der Waals surface area (Å²) in [6.45, 7) is 1.19. The molecule has 3 aromatic rings. The van der Waals surface area contributed by atoms with Crippen molar-refractivity contribution in [3.63, 3.8) is 0 Å².